The summed E-state index contributed by atoms with van der Waals surface area (Å²) in [5, 5.41) is 9.90. The van der Waals surface area contributed by atoms with Gasteiger partial charge in [0.15, 0.2) is 6.61 Å². The van der Waals surface area contributed by atoms with Gasteiger partial charge in [-0.1, -0.05) is 27.5 Å². The third-order valence-electron chi connectivity index (χ3n) is 2.66. The van der Waals surface area contributed by atoms with Crippen molar-refractivity contribution in [2.45, 2.75) is 13.5 Å². The molecule has 0 unspecified atom stereocenters. The summed E-state index contributed by atoms with van der Waals surface area (Å²) in [5.74, 6) is 0.258. The van der Waals surface area contributed by atoms with Crippen LogP contribution < -0.4 is 10.1 Å². The zero-order chi connectivity index (χ0) is 14.5. The van der Waals surface area contributed by atoms with Gasteiger partial charge in [-0.2, -0.15) is 5.10 Å². The SMILES string of the molecule is Cc1[nH]ncc1CNC(=O)COc1ccc(Br)cc1Cl. The van der Waals surface area contributed by atoms with Gasteiger partial charge in [0.25, 0.3) is 5.91 Å². The monoisotopic (exact) mass is 357 g/mol. The second kappa shape index (κ2) is 6.76. The van der Waals surface area contributed by atoms with Crippen LogP contribution in [-0.4, -0.2) is 22.7 Å². The van der Waals surface area contributed by atoms with Crippen LogP contribution in [0.3, 0.4) is 0 Å². The molecule has 1 aromatic heterocycles. The summed E-state index contributed by atoms with van der Waals surface area (Å²) in [5.41, 5.74) is 1.88. The molecule has 0 saturated heterocycles. The average molecular weight is 359 g/mol. The molecule has 2 rings (SSSR count). The third-order valence-corrected chi connectivity index (χ3v) is 3.45. The number of H-pyrrole nitrogens is 1. The number of hydrogen-bond donors (Lipinski definition) is 2. The fourth-order valence-corrected chi connectivity index (χ4v) is 2.26. The Kier molecular flexibility index (Phi) is 5.03. The first kappa shape index (κ1) is 14.9. The number of nitrogens with zero attached hydrogens (tertiary/aromatic N) is 1. The van der Waals surface area contributed by atoms with Gasteiger partial charge in [-0.3, -0.25) is 9.89 Å². The fourth-order valence-electron chi connectivity index (χ4n) is 1.53. The summed E-state index contributed by atoms with van der Waals surface area (Å²) >= 11 is 9.29. The molecule has 1 heterocycles. The van der Waals surface area contributed by atoms with Gasteiger partial charge < -0.3 is 10.1 Å². The highest BCUT2D eigenvalue weighted by molar-refractivity contribution is 9.10. The van der Waals surface area contributed by atoms with Gasteiger partial charge >= 0.3 is 0 Å². The average Bonchev–Trinajstić information content (AvgIpc) is 2.81. The fraction of sp³-hybridized carbons (Fsp3) is 0.231. The van der Waals surface area contributed by atoms with Crippen LogP contribution in [0.15, 0.2) is 28.9 Å². The Morgan fingerprint density at radius 3 is 3.00 bits per heavy atom. The van der Waals surface area contributed by atoms with E-state index in [0.717, 1.165) is 15.7 Å². The van der Waals surface area contributed by atoms with E-state index in [-0.39, 0.29) is 12.5 Å². The molecule has 2 N–H and O–H groups in total. The minimum absolute atomic E-state index is 0.0851. The third kappa shape index (κ3) is 3.98. The van der Waals surface area contributed by atoms with Gasteiger partial charge in [-0.25, -0.2) is 0 Å². The standard InChI is InChI=1S/C13H13BrClN3O2/c1-8-9(6-17-18-8)5-16-13(19)7-20-12-3-2-10(14)4-11(12)15/h2-4,6H,5,7H2,1H3,(H,16,19)(H,17,18). The lowest BCUT2D eigenvalue weighted by Gasteiger charge is -2.08. The quantitative estimate of drug-likeness (QED) is 0.863. The van der Waals surface area contributed by atoms with Gasteiger partial charge in [-0.15, -0.1) is 0 Å². The normalized spacial score (nSPS) is 10.3. The number of nitrogens with one attached hydrogen (secondary N) is 2. The largest absolute Gasteiger partial charge is 0.482 e. The summed E-state index contributed by atoms with van der Waals surface area (Å²) in [6.07, 6.45) is 1.68. The van der Waals surface area contributed by atoms with Crippen molar-refractivity contribution in [1.82, 2.24) is 15.5 Å². The molecule has 106 valence electrons. The Bertz CT molecular complexity index is 615. The lowest BCUT2D eigenvalue weighted by atomic mass is 10.2. The number of aryl methyl sites for hydroxylation is 1. The maximum Gasteiger partial charge on any atom is 0.258 e. The zero-order valence-electron chi connectivity index (χ0n) is 10.7. The highest BCUT2D eigenvalue weighted by Gasteiger charge is 2.07. The summed E-state index contributed by atoms with van der Waals surface area (Å²) < 4.78 is 6.22. The second-order valence-corrected chi connectivity index (χ2v) is 5.48. The van der Waals surface area contributed by atoms with E-state index in [2.05, 4.69) is 31.4 Å². The highest BCUT2D eigenvalue weighted by Crippen LogP contribution is 2.27. The smallest absolute Gasteiger partial charge is 0.258 e. The van der Waals surface area contributed by atoms with E-state index in [0.29, 0.717) is 17.3 Å². The first-order valence-corrected chi connectivity index (χ1v) is 7.07. The first-order valence-electron chi connectivity index (χ1n) is 5.89. The van der Waals surface area contributed by atoms with Crippen LogP contribution in [-0.2, 0) is 11.3 Å². The molecule has 7 heteroatoms. The summed E-state index contributed by atoms with van der Waals surface area (Å²) in [6.45, 7) is 2.23. The molecule has 0 saturated carbocycles. The number of aromatic nitrogens is 2. The molecule has 0 atom stereocenters. The van der Waals surface area contributed by atoms with E-state index in [9.17, 15) is 4.79 Å². The van der Waals surface area contributed by atoms with E-state index in [1.54, 1.807) is 24.4 Å². The zero-order valence-corrected chi connectivity index (χ0v) is 13.1. The molecule has 5 nitrogen and oxygen atoms in total. The van der Waals surface area contributed by atoms with E-state index in [1.165, 1.54) is 0 Å². The van der Waals surface area contributed by atoms with Crippen LogP contribution in [0.4, 0.5) is 0 Å². The van der Waals surface area contributed by atoms with Crippen LogP contribution in [0.1, 0.15) is 11.3 Å². The van der Waals surface area contributed by atoms with E-state index in [1.807, 2.05) is 6.92 Å². The molecule has 0 aliphatic rings. The molecular formula is C13H13BrClN3O2. The molecule has 0 aliphatic carbocycles. The van der Waals surface area contributed by atoms with Crippen molar-refractivity contribution in [3.63, 3.8) is 0 Å². The number of benzene rings is 1. The number of carbonyl (C=O) groups excluding carboxylic acids is 1. The molecule has 1 amide bonds. The topological polar surface area (TPSA) is 67.0 Å². The molecule has 1 aromatic carbocycles. The van der Waals surface area contributed by atoms with E-state index in [4.69, 9.17) is 16.3 Å². The van der Waals surface area contributed by atoms with Crippen molar-refractivity contribution in [3.05, 3.63) is 45.1 Å². The van der Waals surface area contributed by atoms with Crippen LogP contribution in [0.2, 0.25) is 5.02 Å². The maximum atomic E-state index is 11.7. The van der Waals surface area contributed by atoms with Crippen molar-refractivity contribution in [2.75, 3.05) is 6.61 Å². The number of aromatic amines is 1. The number of hydrogen-bond acceptors (Lipinski definition) is 3. The summed E-state index contributed by atoms with van der Waals surface area (Å²) in [7, 11) is 0. The number of ether oxygens (including phenoxy) is 1. The van der Waals surface area contributed by atoms with Crippen LogP contribution >= 0.6 is 27.5 Å². The minimum Gasteiger partial charge on any atom is -0.482 e. The van der Waals surface area contributed by atoms with Crippen molar-refractivity contribution < 1.29 is 9.53 Å². The van der Waals surface area contributed by atoms with E-state index < -0.39 is 0 Å². The summed E-state index contributed by atoms with van der Waals surface area (Å²) in [6, 6.07) is 5.22. The molecule has 0 radical (unpaired) electrons. The Morgan fingerprint density at radius 2 is 2.35 bits per heavy atom. The number of amides is 1. The Morgan fingerprint density at radius 1 is 1.55 bits per heavy atom. The van der Waals surface area contributed by atoms with Gasteiger partial charge in [0, 0.05) is 22.3 Å². The van der Waals surface area contributed by atoms with Crippen molar-refractivity contribution in [3.8, 4) is 5.75 Å². The van der Waals surface area contributed by atoms with Crippen molar-refractivity contribution in [2.24, 2.45) is 0 Å². The predicted molar refractivity (Wildman–Crippen MR) is 79.8 cm³/mol. The predicted octanol–water partition coefficient (Wildman–Crippen LogP) is 2.83. The molecule has 0 fully saturated rings. The van der Waals surface area contributed by atoms with Gasteiger partial charge in [0.1, 0.15) is 5.75 Å². The highest BCUT2D eigenvalue weighted by atomic mass is 79.9. The lowest BCUT2D eigenvalue weighted by Crippen LogP contribution is -2.28. The van der Waals surface area contributed by atoms with Crippen molar-refractivity contribution >= 4 is 33.4 Å². The van der Waals surface area contributed by atoms with Crippen LogP contribution in [0.5, 0.6) is 5.75 Å². The number of halogens is 2. The Labute approximate surface area is 129 Å². The molecule has 0 bridgehead atoms. The molecule has 20 heavy (non-hydrogen) atoms. The van der Waals surface area contributed by atoms with Gasteiger partial charge in [0.2, 0.25) is 0 Å². The molecule has 0 spiro atoms. The Hall–Kier alpha value is -1.53. The maximum absolute atomic E-state index is 11.7. The first-order chi connectivity index (χ1) is 9.56. The van der Waals surface area contributed by atoms with Crippen LogP contribution in [0, 0.1) is 6.92 Å². The van der Waals surface area contributed by atoms with Gasteiger partial charge in [-0.05, 0) is 25.1 Å². The lowest BCUT2D eigenvalue weighted by molar-refractivity contribution is -0.123. The van der Waals surface area contributed by atoms with Crippen molar-refractivity contribution in [1.29, 1.82) is 0 Å². The minimum atomic E-state index is -0.218. The molecule has 0 aliphatic heterocycles. The van der Waals surface area contributed by atoms with Gasteiger partial charge in [0.05, 0.1) is 11.2 Å². The van der Waals surface area contributed by atoms with E-state index >= 15 is 0 Å². The molecular weight excluding hydrogens is 346 g/mol. The Balaban J connectivity index is 1.82. The van der Waals surface area contributed by atoms with Crippen LogP contribution in [0.25, 0.3) is 0 Å². The second-order valence-electron chi connectivity index (χ2n) is 4.16. The number of carbonyl (C=O) groups is 1. The number of rotatable bonds is 5. The summed E-state index contributed by atoms with van der Waals surface area (Å²) in [4.78, 5) is 11.7. The molecule has 2 aromatic rings.